The second-order valence-electron chi connectivity index (χ2n) is 4.94. The summed E-state index contributed by atoms with van der Waals surface area (Å²) in [5.41, 5.74) is 2.13. The summed E-state index contributed by atoms with van der Waals surface area (Å²) in [6.07, 6.45) is 0. The largest absolute Gasteiger partial charge is 1.00 e. The van der Waals surface area contributed by atoms with Gasteiger partial charge >= 0.3 is 0 Å². The third kappa shape index (κ3) is 2.36. The summed E-state index contributed by atoms with van der Waals surface area (Å²) >= 11 is 1.67. The first-order chi connectivity index (χ1) is 10.7. The topological polar surface area (TPSA) is 56.5 Å². The molecule has 7 heteroatoms. The number of ether oxygens (including phenoxy) is 1. The first-order valence-corrected chi connectivity index (χ1v) is 7.48. The molecule has 2 heterocycles. The number of hydrogen-bond acceptors (Lipinski definition) is 4. The molecule has 5 nitrogen and oxygen atoms in total. The van der Waals surface area contributed by atoms with Gasteiger partial charge in [0.15, 0.2) is 0 Å². The van der Waals surface area contributed by atoms with E-state index < -0.39 is 0 Å². The van der Waals surface area contributed by atoms with Gasteiger partial charge in [-0.15, -0.1) is 4.40 Å². The molecule has 0 aliphatic heterocycles. The van der Waals surface area contributed by atoms with Crippen LogP contribution in [0.5, 0.6) is 5.75 Å². The molecule has 0 fully saturated rings. The first-order valence-electron chi connectivity index (χ1n) is 6.67. The number of methoxy groups -OCH3 is 1. The van der Waals surface area contributed by atoms with E-state index in [1.807, 2.05) is 30.3 Å². The highest BCUT2D eigenvalue weighted by Crippen LogP contribution is 2.28. The van der Waals surface area contributed by atoms with Crippen molar-refractivity contribution >= 4 is 43.0 Å². The second kappa shape index (κ2) is 5.64. The van der Waals surface area contributed by atoms with Gasteiger partial charge in [0.05, 0.1) is 17.4 Å². The zero-order valence-electron chi connectivity index (χ0n) is 12.0. The van der Waals surface area contributed by atoms with E-state index in [0.29, 0.717) is 0 Å². The van der Waals surface area contributed by atoms with Crippen LogP contribution in [0.3, 0.4) is 0 Å². The number of benzene rings is 2. The molecule has 2 aromatic carbocycles. The van der Waals surface area contributed by atoms with Crippen LogP contribution in [0.4, 0.5) is 5.69 Å². The number of aromatic nitrogens is 1. The van der Waals surface area contributed by atoms with Gasteiger partial charge in [0, 0.05) is 36.4 Å². The summed E-state index contributed by atoms with van der Waals surface area (Å²) in [5, 5.41) is 11.8. The SMILES string of the molecule is COc1ccc2c(c1)sc1ccc3cc([N+](=O)[O-])ccc3[n+]12.[Cl-]. The zero-order valence-corrected chi connectivity index (χ0v) is 13.6. The van der Waals surface area contributed by atoms with Crippen LogP contribution in [0, 0.1) is 10.1 Å². The van der Waals surface area contributed by atoms with Crippen molar-refractivity contribution in [2.24, 2.45) is 0 Å². The number of thiazole rings is 1. The number of nitrogens with zero attached hydrogens (tertiary/aromatic N) is 2. The Balaban J connectivity index is 0.00000156. The van der Waals surface area contributed by atoms with E-state index in [2.05, 4.69) is 4.40 Å². The molecule has 4 aromatic rings. The van der Waals surface area contributed by atoms with Crippen molar-refractivity contribution in [1.82, 2.24) is 0 Å². The van der Waals surface area contributed by atoms with Crippen molar-refractivity contribution in [1.29, 1.82) is 0 Å². The Kier molecular flexibility index (Phi) is 3.79. The van der Waals surface area contributed by atoms with Gasteiger partial charge in [0.25, 0.3) is 10.5 Å². The van der Waals surface area contributed by atoms with E-state index in [1.54, 1.807) is 36.6 Å². The van der Waals surface area contributed by atoms with E-state index in [-0.39, 0.29) is 23.0 Å². The molecule has 0 amide bonds. The van der Waals surface area contributed by atoms with E-state index in [0.717, 1.165) is 31.7 Å². The maximum Gasteiger partial charge on any atom is 0.270 e. The van der Waals surface area contributed by atoms with Gasteiger partial charge < -0.3 is 17.1 Å². The Morgan fingerprint density at radius 3 is 2.61 bits per heavy atom. The third-order valence-electron chi connectivity index (χ3n) is 3.71. The minimum atomic E-state index is -0.370. The van der Waals surface area contributed by atoms with E-state index in [9.17, 15) is 10.1 Å². The molecule has 0 N–H and O–H groups in total. The molecule has 0 saturated heterocycles. The standard InChI is InChI=1S/C16H11N2O3S.ClH/c1-21-12-4-6-14-15(9-12)22-16-7-2-10-8-11(18(19)20)3-5-13(10)17(14)16;/h2-9H,1H3;1H/q+1;/p-1. The zero-order chi connectivity index (χ0) is 15.3. The number of nitro groups is 1. The average Bonchev–Trinajstić information content (AvgIpc) is 2.91. The highest BCUT2D eigenvalue weighted by atomic mass is 35.5. The fraction of sp³-hybridized carbons (Fsp3) is 0.0625. The quantitative estimate of drug-likeness (QED) is 0.305. The van der Waals surface area contributed by atoms with Crippen LogP contribution in [0.15, 0.2) is 48.5 Å². The molecule has 0 aliphatic carbocycles. The summed E-state index contributed by atoms with van der Waals surface area (Å²) < 4.78 is 8.51. The van der Waals surface area contributed by atoms with Crippen LogP contribution >= 0.6 is 11.3 Å². The van der Waals surface area contributed by atoms with Crippen molar-refractivity contribution in [3.63, 3.8) is 0 Å². The van der Waals surface area contributed by atoms with Gasteiger partial charge in [-0.3, -0.25) is 10.1 Å². The Morgan fingerprint density at radius 1 is 1.09 bits per heavy atom. The van der Waals surface area contributed by atoms with Crippen molar-refractivity contribution in [2.45, 2.75) is 0 Å². The van der Waals surface area contributed by atoms with Crippen molar-refractivity contribution < 1.29 is 26.5 Å². The molecule has 116 valence electrons. The molecule has 0 aliphatic rings. The van der Waals surface area contributed by atoms with Gasteiger partial charge in [0.1, 0.15) is 10.4 Å². The van der Waals surface area contributed by atoms with E-state index >= 15 is 0 Å². The summed E-state index contributed by atoms with van der Waals surface area (Å²) in [7, 11) is 1.65. The lowest BCUT2D eigenvalue weighted by molar-refractivity contribution is -0.446. The predicted molar refractivity (Wildman–Crippen MR) is 85.7 cm³/mol. The lowest BCUT2D eigenvalue weighted by Gasteiger charge is -1.97. The fourth-order valence-electron chi connectivity index (χ4n) is 2.68. The van der Waals surface area contributed by atoms with E-state index in [4.69, 9.17) is 4.74 Å². The molecule has 4 rings (SSSR count). The monoisotopic (exact) mass is 346 g/mol. The Bertz CT molecular complexity index is 1060. The highest BCUT2D eigenvalue weighted by molar-refractivity contribution is 7.23. The Labute approximate surface area is 141 Å². The minimum Gasteiger partial charge on any atom is -1.00 e. The molecule has 0 saturated carbocycles. The molecular weight excluding hydrogens is 336 g/mol. The molecule has 0 spiro atoms. The minimum absolute atomic E-state index is 0. The lowest BCUT2D eigenvalue weighted by Crippen LogP contribution is -3.00. The summed E-state index contributed by atoms with van der Waals surface area (Å²) in [6.45, 7) is 0. The van der Waals surface area contributed by atoms with Gasteiger partial charge in [-0.25, -0.2) is 0 Å². The van der Waals surface area contributed by atoms with Crippen LogP contribution in [-0.2, 0) is 0 Å². The van der Waals surface area contributed by atoms with Crippen LogP contribution < -0.4 is 21.5 Å². The molecule has 0 bridgehead atoms. The van der Waals surface area contributed by atoms with Gasteiger partial charge in [0.2, 0.25) is 11.0 Å². The van der Waals surface area contributed by atoms with Crippen LogP contribution in [-0.4, -0.2) is 12.0 Å². The smallest absolute Gasteiger partial charge is 0.270 e. The summed E-state index contributed by atoms with van der Waals surface area (Å²) in [6, 6.07) is 14.8. The molecular formula is C16H11ClN2O3S. The lowest BCUT2D eigenvalue weighted by atomic mass is 10.2. The highest BCUT2D eigenvalue weighted by Gasteiger charge is 2.19. The van der Waals surface area contributed by atoms with E-state index in [1.165, 1.54) is 0 Å². The fourth-order valence-corrected chi connectivity index (χ4v) is 3.76. The maximum atomic E-state index is 10.9. The number of nitro benzene ring substituents is 1. The molecule has 0 unspecified atom stereocenters. The summed E-state index contributed by atoms with van der Waals surface area (Å²) in [4.78, 5) is 11.6. The van der Waals surface area contributed by atoms with Crippen molar-refractivity contribution in [3.05, 3.63) is 58.6 Å². The predicted octanol–water partition coefficient (Wildman–Crippen LogP) is 0.714. The Hall–Kier alpha value is -2.44. The number of pyridine rings is 1. The maximum absolute atomic E-state index is 10.9. The van der Waals surface area contributed by atoms with Gasteiger partial charge in [-0.2, -0.15) is 0 Å². The third-order valence-corrected chi connectivity index (χ3v) is 4.79. The van der Waals surface area contributed by atoms with Gasteiger partial charge in [-0.05, 0) is 12.1 Å². The summed E-state index contributed by atoms with van der Waals surface area (Å²) in [5.74, 6) is 0.819. The van der Waals surface area contributed by atoms with Crippen LogP contribution in [0.2, 0.25) is 0 Å². The molecule has 23 heavy (non-hydrogen) atoms. The molecule has 0 radical (unpaired) electrons. The first kappa shape index (κ1) is 15.5. The second-order valence-corrected chi connectivity index (χ2v) is 6.01. The average molecular weight is 347 g/mol. The molecule has 2 aromatic heterocycles. The number of hydrogen-bond donors (Lipinski definition) is 0. The van der Waals surface area contributed by atoms with Crippen molar-refractivity contribution in [3.8, 4) is 5.75 Å². The number of halogens is 1. The normalized spacial score (nSPS) is 10.8. The van der Waals surface area contributed by atoms with Crippen molar-refractivity contribution in [2.75, 3.05) is 7.11 Å². The van der Waals surface area contributed by atoms with Crippen LogP contribution in [0.1, 0.15) is 0 Å². The van der Waals surface area contributed by atoms with Crippen LogP contribution in [0.25, 0.3) is 25.9 Å². The Morgan fingerprint density at radius 2 is 1.87 bits per heavy atom. The number of rotatable bonds is 2. The van der Waals surface area contributed by atoms with Gasteiger partial charge in [-0.1, -0.05) is 11.3 Å². The number of fused-ring (bicyclic) bond motifs is 5. The number of non-ortho nitro benzene ring substituents is 1. The molecule has 0 atom stereocenters.